The highest BCUT2D eigenvalue weighted by Gasteiger charge is 2.25. The molecule has 30 heavy (non-hydrogen) atoms. The van der Waals surface area contributed by atoms with Crippen LogP contribution in [0.4, 0.5) is 0 Å². The number of carboxylic acids is 2. The van der Waals surface area contributed by atoms with E-state index in [-0.39, 0.29) is 12.8 Å². The molecule has 0 spiro atoms. The van der Waals surface area contributed by atoms with Gasteiger partial charge in [0, 0.05) is 6.42 Å². The fraction of sp³-hybridized carbons (Fsp3) is 0.421. The number of amides is 3. The summed E-state index contributed by atoms with van der Waals surface area (Å²) in [5.41, 5.74) is 6.67. The van der Waals surface area contributed by atoms with Crippen LogP contribution in [0.25, 0.3) is 0 Å². The number of nitrogens with one attached hydrogen (secondary N) is 3. The molecule has 1 aromatic carbocycles. The van der Waals surface area contributed by atoms with Crippen LogP contribution in [0, 0.1) is 0 Å². The molecule has 0 aromatic heterocycles. The van der Waals surface area contributed by atoms with E-state index in [1.807, 2.05) is 18.2 Å². The molecule has 0 heterocycles. The Hall–Kier alpha value is -3.47. The van der Waals surface area contributed by atoms with E-state index in [1.165, 1.54) is 6.92 Å². The van der Waals surface area contributed by atoms with Crippen LogP contribution in [0.2, 0.25) is 0 Å². The summed E-state index contributed by atoms with van der Waals surface area (Å²) in [6.07, 6.45) is -0.403. The van der Waals surface area contributed by atoms with Gasteiger partial charge in [0.15, 0.2) is 0 Å². The second-order valence-corrected chi connectivity index (χ2v) is 6.64. The van der Waals surface area contributed by atoms with E-state index in [4.69, 9.17) is 15.9 Å². The predicted octanol–water partition coefficient (Wildman–Crippen LogP) is -1.39. The van der Waals surface area contributed by atoms with Crippen molar-refractivity contribution < 1.29 is 34.2 Å². The molecule has 3 amide bonds. The Kier molecular flexibility index (Phi) is 9.97. The zero-order valence-electron chi connectivity index (χ0n) is 16.5. The van der Waals surface area contributed by atoms with Crippen LogP contribution < -0.4 is 21.7 Å². The second kappa shape index (κ2) is 12.2. The van der Waals surface area contributed by atoms with Gasteiger partial charge in [0.1, 0.15) is 12.1 Å². The van der Waals surface area contributed by atoms with Crippen molar-refractivity contribution in [2.75, 3.05) is 6.54 Å². The maximum absolute atomic E-state index is 12.2. The topological polar surface area (TPSA) is 188 Å². The molecular formula is C19H26N4O7. The molecule has 0 aliphatic carbocycles. The molecule has 11 nitrogen and oxygen atoms in total. The average molecular weight is 422 g/mol. The lowest BCUT2D eigenvalue weighted by Gasteiger charge is -2.20. The van der Waals surface area contributed by atoms with E-state index in [9.17, 15) is 24.0 Å². The Morgan fingerprint density at radius 2 is 1.63 bits per heavy atom. The Labute approximate surface area is 173 Å². The van der Waals surface area contributed by atoms with Crippen molar-refractivity contribution in [2.45, 2.75) is 44.3 Å². The Bertz CT molecular complexity index is 769. The molecule has 7 N–H and O–H groups in total. The van der Waals surface area contributed by atoms with Crippen LogP contribution in [0.1, 0.15) is 25.3 Å². The molecule has 0 fully saturated rings. The first kappa shape index (κ1) is 24.6. The van der Waals surface area contributed by atoms with Gasteiger partial charge in [0.25, 0.3) is 0 Å². The molecule has 0 bridgehead atoms. The Morgan fingerprint density at radius 3 is 2.20 bits per heavy atom. The van der Waals surface area contributed by atoms with Crippen molar-refractivity contribution in [3.63, 3.8) is 0 Å². The van der Waals surface area contributed by atoms with Gasteiger partial charge >= 0.3 is 11.9 Å². The molecule has 0 saturated heterocycles. The fourth-order valence-electron chi connectivity index (χ4n) is 2.42. The number of carbonyl (C=O) groups excluding carboxylic acids is 3. The van der Waals surface area contributed by atoms with Crippen LogP contribution in [0.3, 0.4) is 0 Å². The van der Waals surface area contributed by atoms with Crippen LogP contribution in [-0.4, -0.2) is 64.5 Å². The first-order chi connectivity index (χ1) is 14.1. The van der Waals surface area contributed by atoms with Crippen molar-refractivity contribution in [2.24, 2.45) is 5.73 Å². The van der Waals surface area contributed by atoms with Gasteiger partial charge < -0.3 is 31.9 Å². The molecule has 164 valence electrons. The van der Waals surface area contributed by atoms with Gasteiger partial charge in [-0.05, 0) is 25.3 Å². The normalized spacial score (nSPS) is 13.4. The number of rotatable bonds is 12. The largest absolute Gasteiger partial charge is 0.481 e. The standard InChI is InChI=1S/C19H26N4O7/c1-11(19(29)30)22-18(28)14(7-8-16(25)26)23-15(24)10-21-17(27)13(20)9-12-5-3-2-4-6-12/h2-6,11,13-14H,7-10,20H2,1H3,(H,21,27)(H,22,28)(H,23,24)(H,25,26)(H,29,30). The lowest BCUT2D eigenvalue weighted by Crippen LogP contribution is -2.53. The first-order valence-electron chi connectivity index (χ1n) is 9.21. The Morgan fingerprint density at radius 1 is 1.00 bits per heavy atom. The third-order valence-electron chi connectivity index (χ3n) is 4.09. The lowest BCUT2D eigenvalue weighted by molar-refractivity contribution is -0.142. The maximum atomic E-state index is 12.2. The minimum atomic E-state index is -1.29. The summed E-state index contributed by atoms with van der Waals surface area (Å²) < 4.78 is 0. The van der Waals surface area contributed by atoms with Gasteiger partial charge in [-0.25, -0.2) is 0 Å². The van der Waals surface area contributed by atoms with E-state index < -0.39 is 60.8 Å². The van der Waals surface area contributed by atoms with E-state index in [0.29, 0.717) is 0 Å². The van der Waals surface area contributed by atoms with E-state index in [1.54, 1.807) is 12.1 Å². The van der Waals surface area contributed by atoms with Crippen LogP contribution >= 0.6 is 0 Å². The van der Waals surface area contributed by atoms with Gasteiger partial charge in [-0.15, -0.1) is 0 Å². The number of benzene rings is 1. The monoisotopic (exact) mass is 422 g/mol. The van der Waals surface area contributed by atoms with Gasteiger partial charge in [0.2, 0.25) is 17.7 Å². The number of carboxylic acid groups (broad SMARTS) is 2. The molecule has 1 aromatic rings. The number of hydrogen-bond donors (Lipinski definition) is 6. The van der Waals surface area contributed by atoms with Gasteiger partial charge in [-0.3, -0.25) is 24.0 Å². The molecule has 0 aliphatic rings. The smallest absolute Gasteiger partial charge is 0.325 e. The van der Waals surface area contributed by atoms with Crippen molar-refractivity contribution in [1.82, 2.24) is 16.0 Å². The summed E-state index contributed by atoms with van der Waals surface area (Å²) in [6, 6.07) is 5.67. The average Bonchev–Trinajstić information content (AvgIpc) is 2.69. The fourth-order valence-corrected chi connectivity index (χ4v) is 2.42. The van der Waals surface area contributed by atoms with E-state index in [0.717, 1.165) is 5.56 Å². The quantitative estimate of drug-likeness (QED) is 0.237. The second-order valence-electron chi connectivity index (χ2n) is 6.64. The summed E-state index contributed by atoms with van der Waals surface area (Å²) >= 11 is 0. The zero-order chi connectivity index (χ0) is 22.7. The molecule has 0 aliphatic heterocycles. The third kappa shape index (κ3) is 9.15. The summed E-state index contributed by atoms with van der Waals surface area (Å²) in [6.45, 7) is 0.747. The highest BCUT2D eigenvalue weighted by atomic mass is 16.4. The number of hydrogen-bond acceptors (Lipinski definition) is 6. The number of aliphatic carboxylic acids is 2. The molecule has 1 rings (SSSR count). The molecule has 11 heteroatoms. The lowest BCUT2D eigenvalue weighted by atomic mass is 10.1. The van der Waals surface area contributed by atoms with E-state index >= 15 is 0 Å². The molecule has 3 atom stereocenters. The van der Waals surface area contributed by atoms with Crippen LogP contribution in [-0.2, 0) is 30.4 Å². The van der Waals surface area contributed by atoms with Crippen molar-refractivity contribution in [3.05, 3.63) is 35.9 Å². The minimum absolute atomic E-state index is 0.249. The first-order valence-corrected chi connectivity index (χ1v) is 9.21. The van der Waals surface area contributed by atoms with Gasteiger partial charge in [-0.2, -0.15) is 0 Å². The summed E-state index contributed by atoms with van der Waals surface area (Å²) in [4.78, 5) is 58.0. The van der Waals surface area contributed by atoms with Crippen LogP contribution in [0.5, 0.6) is 0 Å². The Balaban J connectivity index is 2.58. The number of nitrogens with two attached hydrogens (primary N) is 1. The van der Waals surface area contributed by atoms with Crippen molar-refractivity contribution in [3.8, 4) is 0 Å². The van der Waals surface area contributed by atoms with Gasteiger partial charge in [-0.1, -0.05) is 30.3 Å². The summed E-state index contributed by atoms with van der Waals surface area (Å²) in [5.74, 6) is -4.63. The number of carbonyl (C=O) groups is 5. The molecular weight excluding hydrogens is 396 g/mol. The highest BCUT2D eigenvalue weighted by molar-refractivity contribution is 5.92. The predicted molar refractivity (Wildman–Crippen MR) is 105 cm³/mol. The van der Waals surface area contributed by atoms with Crippen LogP contribution in [0.15, 0.2) is 30.3 Å². The SMILES string of the molecule is CC(NC(=O)C(CCC(=O)O)NC(=O)CNC(=O)C(N)Cc1ccccc1)C(=O)O. The molecule has 0 saturated carbocycles. The van der Waals surface area contributed by atoms with Crippen molar-refractivity contribution in [1.29, 1.82) is 0 Å². The van der Waals surface area contributed by atoms with E-state index in [2.05, 4.69) is 16.0 Å². The molecule has 0 radical (unpaired) electrons. The minimum Gasteiger partial charge on any atom is -0.481 e. The summed E-state index contributed by atoms with van der Waals surface area (Å²) in [7, 11) is 0. The zero-order valence-corrected chi connectivity index (χ0v) is 16.5. The highest BCUT2D eigenvalue weighted by Crippen LogP contribution is 2.02. The summed E-state index contributed by atoms with van der Waals surface area (Å²) in [5, 5.41) is 24.5. The van der Waals surface area contributed by atoms with Gasteiger partial charge in [0.05, 0.1) is 12.6 Å². The third-order valence-corrected chi connectivity index (χ3v) is 4.09. The maximum Gasteiger partial charge on any atom is 0.325 e. The molecule has 3 unspecified atom stereocenters. The van der Waals surface area contributed by atoms with Crippen molar-refractivity contribution >= 4 is 29.7 Å².